The lowest BCUT2D eigenvalue weighted by Crippen LogP contribution is -2.35. The lowest BCUT2D eigenvalue weighted by atomic mass is 10.2. The molecular formula is C12H25N3. The fourth-order valence-corrected chi connectivity index (χ4v) is 1.30. The van der Waals surface area contributed by atoms with Crippen molar-refractivity contribution in [2.45, 2.75) is 27.2 Å². The Morgan fingerprint density at radius 1 is 1.40 bits per heavy atom. The smallest absolute Gasteiger partial charge is 0.123 e. The highest BCUT2D eigenvalue weighted by molar-refractivity contribution is 5.93. The molecule has 0 fully saturated rings. The van der Waals surface area contributed by atoms with Crippen LogP contribution in [0.2, 0.25) is 0 Å². The van der Waals surface area contributed by atoms with E-state index in [1.165, 1.54) is 5.57 Å². The topological polar surface area (TPSA) is 27.6 Å². The molecule has 0 saturated heterocycles. The van der Waals surface area contributed by atoms with Gasteiger partial charge in [0.1, 0.15) is 5.84 Å². The van der Waals surface area contributed by atoms with Crippen LogP contribution in [0.25, 0.3) is 0 Å². The van der Waals surface area contributed by atoms with Crippen LogP contribution in [0.3, 0.4) is 0 Å². The third-order valence-electron chi connectivity index (χ3n) is 2.50. The van der Waals surface area contributed by atoms with Crippen LogP contribution in [-0.2, 0) is 0 Å². The zero-order valence-electron chi connectivity index (χ0n) is 10.8. The minimum Gasteiger partial charge on any atom is -0.356 e. The summed E-state index contributed by atoms with van der Waals surface area (Å²) < 4.78 is 0. The van der Waals surface area contributed by atoms with Crippen LogP contribution in [-0.4, -0.2) is 44.5 Å². The minimum absolute atomic E-state index is 0.992. The van der Waals surface area contributed by atoms with Gasteiger partial charge in [0.25, 0.3) is 0 Å². The summed E-state index contributed by atoms with van der Waals surface area (Å²) in [6.07, 6.45) is 3.27. The Balaban J connectivity index is 4.48. The molecule has 0 atom stereocenters. The highest BCUT2D eigenvalue weighted by Gasteiger charge is 2.05. The number of nitrogens with zero attached hydrogens (tertiary/aromatic N) is 2. The first-order valence-electron chi connectivity index (χ1n) is 5.73. The summed E-state index contributed by atoms with van der Waals surface area (Å²) in [5.74, 6) is 1.09. The highest BCUT2D eigenvalue weighted by atomic mass is 15.2. The lowest BCUT2D eigenvalue weighted by Gasteiger charge is -2.23. The van der Waals surface area contributed by atoms with Crippen LogP contribution in [0.5, 0.6) is 0 Å². The van der Waals surface area contributed by atoms with Gasteiger partial charge in [-0.1, -0.05) is 12.5 Å². The van der Waals surface area contributed by atoms with Gasteiger partial charge in [-0.15, -0.1) is 0 Å². The van der Waals surface area contributed by atoms with E-state index in [0.29, 0.717) is 0 Å². The van der Waals surface area contributed by atoms with Crippen molar-refractivity contribution >= 4 is 5.84 Å². The van der Waals surface area contributed by atoms with Gasteiger partial charge >= 0.3 is 0 Å². The molecule has 0 aromatic rings. The van der Waals surface area contributed by atoms with Crippen LogP contribution in [0, 0.1) is 0 Å². The second-order valence-electron chi connectivity index (χ2n) is 3.61. The van der Waals surface area contributed by atoms with Crippen LogP contribution >= 0.6 is 0 Å². The van der Waals surface area contributed by atoms with E-state index in [1.807, 2.05) is 14.1 Å². The van der Waals surface area contributed by atoms with Gasteiger partial charge in [-0.05, 0) is 33.4 Å². The van der Waals surface area contributed by atoms with E-state index >= 15 is 0 Å². The second kappa shape index (κ2) is 8.48. The van der Waals surface area contributed by atoms with Gasteiger partial charge in [-0.3, -0.25) is 4.99 Å². The van der Waals surface area contributed by atoms with Crippen LogP contribution in [0.4, 0.5) is 0 Å². The van der Waals surface area contributed by atoms with Gasteiger partial charge in [-0.2, -0.15) is 0 Å². The third-order valence-corrected chi connectivity index (χ3v) is 2.50. The van der Waals surface area contributed by atoms with Gasteiger partial charge in [0.05, 0.1) is 0 Å². The van der Waals surface area contributed by atoms with Crippen molar-refractivity contribution in [1.29, 1.82) is 0 Å². The monoisotopic (exact) mass is 211 g/mol. The van der Waals surface area contributed by atoms with Crippen molar-refractivity contribution in [3.63, 3.8) is 0 Å². The number of aliphatic imine (C=N–C) groups is 1. The maximum absolute atomic E-state index is 4.34. The number of hydrogen-bond donors (Lipinski definition) is 1. The zero-order valence-corrected chi connectivity index (χ0v) is 10.8. The van der Waals surface area contributed by atoms with Crippen molar-refractivity contribution in [2.75, 3.05) is 33.7 Å². The van der Waals surface area contributed by atoms with Crippen LogP contribution in [0.1, 0.15) is 27.2 Å². The fourth-order valence-electron chi connectivity index (χ4n) is 1.30. The number of allylic oxidation sites excluding steroid dienone is 1. The Bertz CT molecular complexity index is 219. The Morgan fingerprint density at radius 2 is 2.07 bits per heavy atom. The standard InChI is InChI=1S/C12H25N3/c1-6-11(3)10-12(14-5)15(7-2)9-8-13-4/h10,13H,6-9H2,1-5H3/b11-10-,14-12?. The van der Waals surface area contributed by atoms with E-state index in [-0.39, 0.29) is 0 Å². The fraction of sp³-hybridized carbons (Fsp3) is 0.750. The predicted molar refractivity (Wildman–Crippen MR) is 68.6 cm³/mol. The van der Waals surface area contributed by atoms with E-state index in [1.54, 1.807) is 0 Å². The van der Waals surface area contributed by atoms with Crippen molar-refractivity contribution < 1.29 is 0 Å². The molecule has 15 heavy (non-hydrogen) atoms. The van der Waals surface area contributed by atoms with Gasteiger partial charge in [0.2, 0.25) is 0 Å². The molecule has 0 rings (SSSR count). The first kappa shape index (κ1) is 14.2. The zero-order chi connectivity index (χ0) is 11.7. The summed E-state index contributed by atoms with van der Waals surface area (Å²) in [5.41, 5.74) is 1.37. The largest absolute Gasteiger partial charge is 0.356 e. The Morgan fingerprint density at radius 3 is 2.47 bits per heavy atom. The first-order chi connectivity index (χ1) is 7.19. The molecule has 88 valence electrons. The summed E-state index contributed by atoms with van der Waals surface area (Å²) in [6, 6.07) is 0. The molecule has 1 N–H and O–H groups in total. The normalized spacial score (nSPS) is 13.1. The molecular weight excluding hydrogens is 186 g/mol. The minimum atomic E-state index is 0.992. The number of hydrogen-bond acceptors (Lipinski definition) is 2. The molecule has 0 bridgehead atoms. The van der Waals surface area contributed by atoms with Crippen molar-refractivity contribution in [3.05, 3.63) is 11.6 Å². The maximum atomic E-state index is 4.34. The van der Waals surface area contributed by atoms with Gasteiger partial charge < -0.3 is 10.2 Å². The second-order valence-corrected chi connectivity index (χ2v) is 3.61. The molecule has 0 amide bonds. The number of likely N-dealkylation sites (N-methyl/N-ethyl adjacent to an activating group) is 2. The molecule has 0 radical (unpaired) electrons. The molecule has 0 aliphatic carbocycles. The van der Waals surface area contributed by atoms with E-state index in [9.17, 15) is 0 Å². The Kier molecular flexibility index (Phi) is 8.01. The number of amidine groups is 1. The van der Waals surface area contributed by atoms with Crippen molar-refractivity contribution in [1.82, 2.24) is 10.2 Å². The summed E-state index contributed by atoms with van der Waals surface area (Å²) in [7, 11) is 3.83. The van der Waals surface area contributed by atoms with Crippen molar-refractivity contribution in [2.24, 2.45) is 4.99 Å². The average molecular weight is 211 g/mol. The Hall–Kier alpha value is -0.830. The summed E-state index contributed by atoms with van der Waals surface area (Å²) >= 11 is 0. The summed E-state index contributed by atoms with van der Waals surface area (Å²) in [5, 5.41) is 3.16. The number of rotatable bonds is 6. The van der Waals surface area contributed by atoms with Gasteiger partial charge in [-0.25, -0.2) is 0 Å². The molecule has 3 nitrogen and oxygen atoms in total. The third kappa shape index (κ3) is 5.57. The molecule has 0 aliphatic heterocycles. The first-order valence-corrected chi connectivity index (χ1v) is 5.73. The van der Waals surface area contributed by atoms with Crippen molar-refractivity contribution in [3.8, 4) is 0 Å². The van der Waals surface area contributed by atoms with E-state index in [4.69, 9.17) is 0 Å². The molecule has 0 aromatic carbocycles. The van der Waals surface area contributed by atoms with E-state index in [0.717, 1.165) is 31.9 Å². The summed E-state index contributed by atoms with van der Waals surface area (Å²) in [6.45, 7) is 9.48. The molecule has 0 saturated carbocycles. The molecule has 3 heteroatoms. The molecule has 0 unspecified atom stereocenters. The molecule has 0 aliphatic rings. The summed E-state index contributed by atoms with van der Waals surface area (Å²) in [4.78, 5) is 6.63. The molecule has 0 heterocycles. The maximum Gasteiger partial charge on any atom is 0.123 e. The van der Waals surface area contributed by atoms with Gasteiger partial charge in [0, 0.05) is 26.7 Å². The molecule has 0 spiro atoms. The lowest BCUT2D eigenvalue weighted by molar-refractivity contribution is 0.438. The van der Waals surface area contributed by atoms with E-state index < -0.39 is 0 Å². The van der Waals surface area contributed by atoms with E-state index in [2.05, 4.69) is 42.1 Å². The quantitative estimate of drug-likeness (QED) is 0.537. The van der Waals surface area contributed by atoms with Crippen LogP contribution in [0.15, 0.2) is 16.6 Å². The molecule has 0 aromatic heterocycles. The Labute approximate surface area is 94.3 Å². The SMILES string of the molecule is CC/C(C)=C\C(=NC)N(CC)CCNC. The average Bonchev–Trinajstić information content (AvgIpc) is 2.27. The van der Waals surface area contributed by atoms with Crippen LogP contribution < -0.4 is 5.32 Å². The number of nitrogens with one attached hydrogen (secondary N) is 1. The predicted octanol–water partition coefficient (Wildman–Crippen LogP) is 1.91. The highest BCUT2D eigenvalue weighted by Crippen LogP contribution is 2.02. The van der Waals surface area contributed by atoms with Gasteiger partial charge in [0.15, 0.2) is 0 Å².